The zero-order valence-electron chi connectivity index (χ0n) is 11.5. The molecule has 0 saturated heterocycles. The van der Waals surface area contributed by atoms with Gasteiger partial charge in [0.15, 0.2) is 5.16 Å². The number of hydrogen-bond acceptors (Lipinski definition) is 4. The molecule has 19 heavy (non-hydrogen) atoms. The van der Waals surface area contributed by atoms with Crippen molar-refractivity contribution >= 4 is 17.7 Å². The molecule has 0 aliphatic carbocycles. The molecule has 0 amide bonds. The highest BCUT2D eigenvalue weighted by atomic mass is 32.2. The van der Waals surface area contributed by atoms with Crippen molar-refractivity contribution in [2.24, 2.45) is 7.05 Å². The van der Waals surface area contributed by atoms with Crippen LogP contribution in [0.15, 0.2) is 16.0 Å². The third-order valence-corrected chi connectivity index (χ3v) is 4.15. The number of hydrogen-bond donors (Lipinski definition) is 1. The molecule has 1 heterocycles. The van der Waals surface area contributed by atoms with Gasteiger partial charge in [-0.2, -0.15) is 0 Å². The van der Waals surface area contributed by atoms with Gasteiger partial charge in [0.05, 0.1) is 0 Å². The minimum atomic E-state index is -0.852. The van der Waals surface area contributed by atoms with Crippen LogP contribution in [0.5, 0.6) is 0 Å². The zero-order chi connectivity index (χ0) is 14.4. The lowest BCUT2D eigenvalue weighted by Gasteiger charge is -2.13. The third kappa shape index (κ3) is 4.38. The Kier molecular flexibility index (Phi) is 6.08. The predicted octanol–water partition coefficient (Wildman–Crippen LogP) is 2.08. The highest BCUT2D eigenvalue weighted by Gasteiger charge is 2.20. The molecule has 0 fully saturated rings. The molecule has 1 N–H and O–H groups in total. The maximum Gasteiger partial charge on any atom is 0.317 e. The molecule has 0 bridgehead atoms. The minimum absolute atomic E-state index is 0.144. The molecule has 0 aromatic carbocycles. The topological polar surface area (TPSA) is 72.2 Å². The molecular formula is C13H20N2O3S. The average molecular weight is 284 g/mol. The molecule has 1 aromatic heterocycles. The van der Waals surface area contributed by atoms with Crippen LogP contribution in [-0.2, 0) is 18.3 Å². The second kappa shape index (κ2) is 7.33. The van der Waals surface area contributed by atoms with Crippen molar-refractivity contribution in [3.8, 4) is 0 Å². The minimum Gasteiger partial charge on any atom is -0.480 e. The van der Waals surface area contributed by atoms with Crippen LogP contribution in [0.4, 0.5) is 0 Å². The van der Waals surface area contributed by atoms with Crippen molar-refractivity contribution in [2.75, 3.05) is 0 Å². The fourth-order valence-electron chi connectivity index (χ4n) is 1.60. The number of carbonyl (C=O) groups is 1. The summed E-state index contributed by atoms with van der Waals surface area (Å²) >= 11 is 1.16. The Bertz CT molecular complexity index is 499. The van der Waals surface area contributed by atoms with E-state index in [-0.39, 0.29) is 5.56 Å². The number of thioether (sulfide) groups is 1. The summed E-state index contributed by atoms with van der Waals surface area (Å²) < 4.78 is 1.41. The first-order chi connectivity index (χ1) is 8.99. The van der Waals surface area contributed by atoms with Crippen molar-refractivity contribution in [2.45, 2.75) is 49.9 Å². The Morgan fingerprint density at radius 1 is 1.53 bits per heavy atom. The lowest BCUT2D eigenvalue weighted by Crippen LogP contribution is -2.23. The van der Waals surface area contributed by atoms with E-state index in [4.69, 9.17) is 0 Å². The van der Waals surface area contributed by atoms with Crippen LogP contribution in [0.25, 0.3) is 0 Å². The number of aryl methyl sites for hydroxylation is 1. The van der Waals surface area contributed by atoms with Gasteiger partial charge in [-0.3, -0.25) is 14.2 Å². The monoisotopic (exact) mass is 284 g/mol. The van der Waals surface area contributed by atoms with E-state index in [1.165, 1.54) is 10.6 Å². The van der Waals surface area contributed by atoms with Gasteiger partial charge in [-0.15, -0.1) is 0 Å². The first kappa shape index (κ1) is 15.8. The van der Waals surface area contributed by atoms with Crippen molar-refractivity contribution in [3.63, 3.8) is 0 Å². The SMILES string of the molecule is CCCC[C@H](Sc1nc(CC)cc(=O)n1C)C(=O)O. The number of rotatable bonds is 7. The molecule has 0 radical (unpaired) electrons. The van der Waals surface area contributed by atoms with Crippen LogP contribution in [0, 0.1) is 0 Å². The van der Waals surface area contributed by atoms with Crippen LogP contribution in [-0.4, -0.2) is 25.9 Å². The largest absolute Gasteiger partial charge is 0.480 e. The average Bonchev–Trinajstić information content (AvgIpc) is 2.38. The normalized spacial score (nSPS) is 12.4. The molecule has 1 atom stereocenters. The summed E-state index contributed by atoms with van der Waals surface area (Å²) in [5, 5.41) is 9.14. The quantitative estimate of drug-likeness (QED) is 0.613. The Morgan fingerprint density at radius 2 is 2.21 bits per heavy atom. The summed E-state index contributed by atoms with van der Waals surface area (Å²) in [4.78, 5) is 27.3. The Morgan fingerprint density at radius 3 is 2.74 bits per heavy atom. The number of aliphatic carboxylic acids is 1. The summed E-state index contributed by atoms with van der Waals surface area (Å²) in [6.07, 6.45) is 3.05. The number of unbranched alkanes of at least 4 members (excludes halogenated alkanes) is 1. The summed E-state index contributed by atoms with van der Waals surface area (Å²) in [6.45, 7) is 3.94. The number of carboxylic acids is 1. The molecule has 0 aliphatic rings. The Balaban J connectivity index is 2.98. The second-order valence-corrected chi connectivity index (χ2v) is 5.54. The number of carboxylic acid groups (broad SMARTS) is 1. The van der Waals surface area contributed by atoms with Gasteiger partial charge in [0.2, 0.25) is 0 Å². The van der Waals surface area contributed by atoms with Gasteiger partial charge in [0.25, 0.3) is 5.56 Å². The first-order valence-electron chi connectivity index (χ1n) is 6.46. The second-order valence-electron chi connectivity index (χ2n) is 4.37. The Labute approximate surface area is 117 Å². The molecule has 1 rings (SSSR count). The number of aromatic nitrogens is 2. The Hall–Kier alpha value is -1.30. The van der Waals surface area contributed by atoms with Gasteiger partial charge in [0.1, 0.15) is 5.25 Å². The summed E-state index contributed by atoms with van der Waals surface area (Å²) in [5.41, 5.74) is 0.555. The summed E-state index contributed by atoms with van der Waals surface area (Å²) in [5.74, 6) is -0.852. The highest BCUT2D eigenvalue weighted by molar-refractivity contribution is 8.00. The molecule has 106 valence electrons. The highest BCUT2D eigenvalue weighted by Crippen LogP contribution is 2.24. The molecule has 1 aromatic rings. The van der Waals surface area contributed by atoms with E-state index in [9.17, 15) is 14.7 Å². The van der Waals surface area contributed by atoms with E-state index >= 15 is 0 Å². The zero-order valence-corrected chi connectivity index (χ0v) is 12.4. The van der Waals surface area contributed by atoms with Crippen LogP contribution in [0.2, 0.25) is 0 Å². The van der Waals surface area contributed by atoms with Gasteiger partial charge < -0.3 is 5.11 Å². The summed E-state index contributed by atoms with van der Waals surface area (Å²) in [7, 11) is 1.62. The molecule has 6 heteroatoms. The van der Waals surface area contributed by atoms with E-state index in [1.807, 2.05) is 13.8 Å². The van der Waals surface area contributed by atoms with Gasteiger partial charge >= 0.3 is 5.97 Å². The molecule has 0 saturated carbocycles. The van der Waals surface area contributed by atoms with Crippen molar-refractivity contribution < 1.29 is 9.90 Å². The van der Waals surface area contributed by atoms with Gasteiger partial charge in [-0.25, -0.2) is 4.98 Å². The third-order valence-electron chi connectivity index (χ3n) is 2.85. The maximum absolute atomic E-state index is 11.7. The van der Waals surface area contributed by atoms with Gasteiger partial charge in [0, 0.05) is 18.8 Å². The first-order valence-corrected chi connectivity index (χ1v) is 7.34. The smallest absolute Gasteiger partial charge is 0.317 e. The lowest BCUT2D eigenvalue weighted by atomic mass is 10.2. The lowest BCUT2D eigenvalue weighted by molar-refractivity contribution is -0.136. The molecule has 5 nitrogen and oxygen atoms in total. The number of nitrogens with zero attached hydrogens (tertiary/aromatic N) is 2. The predicted molar refractivity (Wildman–Crippen MR) is 75.7 cm³/mol. The van der Waals surface area contributed by atoms with Crippen molar-refractivity contribution in [1.29, 1.82) is 0 Å². The van der Waals surface area contributed by atoms with E-state index in [2.05, 4.69) is 4.98 Å². The van der Waals surface area contributed by atoms with Gasteiger partial charge in [-0.05, 0) is 12.8 Å². The fourth-order valence-corrected chi connectivity index (χ4v) is 2.66. The van der Waals surface area contributed by atoms with Crippen LogP contribution in [0.1, 0.15) is 38.8 Å². The van der Waals surface area contributed by atoms with Crippen molar-refractivity contribution in [1.82, 2.24) is 9.55 Å². The molecule has 0 aliphatic heterocycles. The van der Waals surface area contributed by atoms with E-state index in [1.54, 1.807) is 7.05 Å². The standard InChI is InChI=1S/C13H20N2O3S/c1-4-6-7-10(12(17)18)19-13-14-9(5-2)8-11(16)15(13)3/h8,10H,4-7H2,1-3H3,(H,17,18)/t10-/m0/s1. The molecule has 0 unspecified atom stereocenters. The maximum atomic E-state index is 11.7. The van der Waals surface area contributed by atoms with Crippen LogP contribution < -0.4 is 5.56 Å². The van der Waals surface area contributed by atoms with Crippen LogP contribution in [0.3, 0.4) is 0 Å². The van der Waals surface area contributed by atoms with E-state index < -0.39 is 11.2 Å². The molecule has 0 spiro atoms. The van der Waals surface area contributed by atoms with Crippen molar-refractivity contribution in [3.05, 3.63) is 22.1 Å². The van der Waals surface area contributed by atoms with Gasteiger partial charge in [-0.1, -0.05) is 38.5 Å². The fraction of sp³-hybridized carbons (Fsp3) is 0.615. The summed E-state index contributed by atoms with van der Waals surface area (Å²) in [6, 6.07) is 1.49. The van der Waals surface area contributed by atoms with E-state index in [0.29, 0.717) is 23.7 Å². The molecular weight excluding hydrogens is 264 g/mol. The van der Waals surface area contributed by atoms with Crippen LogP contribution >= 0.6 is 11.8 Å². The van der Waals surface area contributed by atoms with E-state index in [0.717, 1.165) is 24.6 Å².